The molecule has 68 valence electrons. The Morgan fingerprint density at radius 3 is 2.31 bits per heavy atom. The number of methoxy groups -OCH3 is 1. The first-order valence-corrected chi connectivity index (χ1v) is 6.39. The van der Waals surface area contributed by atoms with Crippen LogP contribution in [0.4, 0.5) is 0 Å². The normalized spacial score (nSPS) is 9.15. The fourth-order valence-corrected chi connectivity index (χ4v) is 1.65. The molecule has 1 aromatic rings. The summed E-state index contributed by atoms with van der Waals surface area (Å²) in [6, 6.07) is 8.35. The molecule has 0 amide bonds. The second kappa shape index (κ2) is 7.35. The molecule has 0 saturated heterocycles. The predicted molar refractivity (Wildman–Crippen MR) is 46.1 cm³/mol. The Hall–Kier alpha value is -0.0666. The smallest absolute Gasteiger partial charge is 1.00 e. The molecule has 1 rings (SSSR count). The summed E-state index contributed by atoms with van der Waals surface area (Å²) in [5.41, 5.74) is 1.42. The molecule has 0 aromatic heterocycles. The standard InChI is InChI=1S/C10H13O.ClH.Zn/c1-3-4-9-5-7-10(11-2)8-6-9;;/h5-8H,1,3-4H2,2H3;1H;/q;;+1/p-1. The topological polar surface area (TPSA) is 9.23 Å². The zero-order valence-corrected chi connectivity index (χ0v) is 11.6. The van der Waals surface area contributed by atoms with Crippen molar-refractivity contribution in [3.63, 3.8) is 0 Å². The molecular weight excluding hydrogens is 237 g/mol. The van der Waals surface area contributed by atoms with Gasteiger partial charge in [-0.3, -0.25) is 0 Å². The first-order chi connectivity index (χ1) is 5.86. The molecule has 0 atom stereocenters. The van der Waals surface area contributed by atoms with Gasteiger partial charge < -0.3 is 12.4 Å². The molecule has 0 spiro atoms. The summed E-state index contributed by atoms with van der Waals surface area (Å²) in [5.74, 6) is 0.948. The monoisotopic (exact) mass is 248 g/mol. The number of rotatable bonds is 4. The fourth-order valence-electron chi connectivity index (χ4n) is 1.12. The van der Waals surface area contributed by atoms with Crippen molar-refractivity contribution in [3.05, 3.63) is 29.8 Å². The van der Waals surface area contributed by atoms with E-state index in [0.29, 0.717) is 0 Å². The molecule has 3 heteroatoms. The van der Waals surface area contributed by atoms with Crippen LogP contribution in [0.1, 0.15) is 12.0 Å². The van der Waals surface area contributed by atoms with Gasteiger partial charge in [0.15, 0.2) is 0 Å². The molecule has 0 bridgehead atoms. The maximum Gasteiger partial charge on any atom is -1.00 e. The van der Waals surface area contributed by atoms with E-state index in [2.05, 4.69) is 12.1 Å². The van der Waals surface area contributed by atoms with Crippen molar-refractivity contribution in [2.24, 2.45) is 0 Å². The van der Waals surface area contributed by atoms with E-state index < -0.39 is 0 Å². The van der Waals surface area contributed by atoms with Crippen molar-refractivity contribution in [2.75, 3.05) is 7.11 Å². The summed E-state index contributed by atoms with van der Waals surface area (Å²) in [5, 5.41) is 1.38. The molecule has 1 aromatic carbocycles. The number of hydrogen-bond donors (Lipinski definition) is 0. The van der Waals surface area contributed by atoms with Crippen LogP contribution in [0, 0.1) is 0 Å². The molecule has 1 nitrogen and oxygen atoms in total. The van der Waals surface area contributed by atoms with E-state index in [1.165, 1.54) is 41.7 Å². The largest absolute Gasteiger partial charge is 1.00 e. The van der Waals surface area contributed by atoms with Gasteiger partial charge in [-0.1, -0.05) is 0 Å². The van der Waals surface area contributed by atoms with Crippen LogP contribution in [0.25, 0.3) is 0 Å². The third kappa shape index (κ3) is 4.64. The van der Waals surface area contributed by atoms with Gasteiger partial charge in [0.2, 0.25) is 0 Å². The Balaban J connectivity index is 0.00000144. The van der Waals surface area contributed by atoms with Gasteiger partial charge in [-0.15, -0.1) is 0 Å². The van der Waals surface area contributed by atoms with Gasteiger partial charge in [0.05, 0.1) is 0 Å². The Morgan fingerprint density at radius 1 is 1.23 bits per heavy atom. The first-order valence-electron chi connectivity index (χ1n) is 4.29. The number of benzene rings is 1. The summed E-state index contributed by atoms with van der Waals surface area (Å²) in [4.78, 5) is 0. The van der Waals surface area contributed by atoms with Crippen LogP contribution in [-0.4, -0.2) is 7.11 Å². The van der Waals surface area contributed by atoms with Crippen LogP contribution in [0.2, 0.25) is 5.02 Å². The zero-order valence-electron chi connectivity index (χ0n) is 7.92. The van der Waals surface area contributed by atoms with Gasteiger partial charge in [0, 0.05) is 0 Å². The predicted octanol–water partition coefficient (Wildman–Crippen LogP) is -0.403. The summed E-state index contributed by atoms with van der Waals surface area (Å²) in [7, 11) is 1.70. The minimum Gasteiger partial charge on any atom is -1.00 e. The van der Waals surface area contributed by atoms with Gasteiger partial charge in [0.25, 0.3) is 0 Å². The molecular formula is C10H13ClOZn. The molecule has 0 aliphatic heterocycles. The van der Waals surface area contributed by atoms with Crippen molar-refractivity contribution in [1.29, 1.82) is 0 Å². The van der Waals surface area contributed by atoms with Crippen molar-refractivity contribution in [2.45, 2.75) is 17.9 Å². The Morgan fingerprint density at radius 2 is 1.85 bits per heavy atom. The molecule has 0 saturated carbocycles. The summed E-state index contributed by atoms with van der Waals surface area (Å²) >= 11 is 1.41. The van der Waals surface area contributed by atoms with Gasteiger partial charge in [-0.2, -0.15) is 0 Å². The molecule has 0 aliphatic carbocycles. The Labute approximate surface area is 96.0 Å². The van der Waals surface area contributed by atoms with Gasteiger partial charge >= 0.3 is 83.6 Å². The van der Waals surface area contributed by atoms with E-state index >= 15 is 0 Å². The number of halogens is 1. The number of hydrogen-bond acceptors (Lipinski definition) is 1. The molecule has 0 aliphatic rings. The van der Waals surface area contributed by atoms with Crippen LogP contribution in [0.15, 0.2) is 24.3 Å². The number of ether oxygens (including phenoxy) is 1. The van der Waals surface area contributed by atoms with E-state index in [1.54, 1.807) is 7.11 Å². The Bertz CT molecular complexity index is 223. The van der Waals surface area contributed by atoms with Gasteiger partial charge in [0.1, 0.15) is 0 Å². The van der Waals surface area contributed by atoms with E-state index in [9.17, 15) is 0 Å². The van der Waals surface area contributed by atoms with Crippen LogP contribution in [0.3, 0.4) is 0 Å². The average molecular weight is 250 g/mol. The van der Waals surface area contributed by atoms with E-state index in [1.807, 2.05) is 12.1 Å². The van der Waals surface area contributed by atoms with Crippen molar-refractivity contribution >= 4 is 0 Å². The van der Waals surface area contributed by atoms with Gasteiger partial charge in [-0.05, 0) is 0 Å². The first kappa shape index (κ1) is 12.9. The van der Waals surface area contributed by atoms with Crippen molar-refractivity contribution in [1.82, 2.24) is 0 Å². The molecule has 0 N–H and O–H groups in total. The van der Waals surface area contributed by atoms with Crippen molar-refractivity contribution in [3.8, 4) is 5.75 Å². The number of aryl methyl sites for hydroxylation is 1. The maximum atomic E-state index is 5.08. The SMILES string of the molecule is COc1ccc(CC[CH2][Zn+])cc1.[Cl-]. The maximum absolute atomic E-state index is 5.08. The zero-order chi connectivity index (χ0) is 8.81. The van der Waals surface area contributed by atoms with Crippen LogP contribution in [-0.2, 0) is 24.7 Å². The summed E-state index contributed by atoms with van der Waals surface area (Å²) in [6.45, 7) is 0. The minimum atomic E-state index is 0. The molecule has 0 fully saturated rings. The van der Waals surface area contributed by atoms with Crippen LogP contribution >= 0.6 is 0 Å². The van der Waals surface area contributed by atoms with E-state index in [0.717, 1.165) is 5.75 Å². The van der Waals surface area contributed by atoms with Crippen LogP contribution in [0.5, 0.6) is 5.75 Å². The quantitative estimate of drug-likeness (QED) is 0.660. The third-order valence-corrected chi connectivity index (χ3v) is 2.92. The molecule has 0 heterocycles. The second-order valence-corrected chi connectivity index (χ2v) is 4.29. The molecule has 13 heavy (non-hydrogen) atoms. The van der Waals surface area contributed by atoms with Crippen LogP contribution < -0.4 is 17.1 Å². The molecule has 0 radical (unpaired) electrons. The van der Waals surface area contributed by atoms with Crippen molar-refractivity contribution < 1.29 is 35.4 Å². The molecule has 0 unspecified atom stereocenters. The Kier molecular flexibility index (Phi) is 7.31. The fraction of sp³-hybridized carbons (Fsp3) is 0.400. The summed E-state index contributed by atoms with van der Waals surface area (Å²) in [6.07, 6.45) is 2.54. The van der Waals surface area contributed by atoms with Gasteiger partial charge in [-0.25, -0.2) is 0 Å². The average Bonchev–Trinajstić information content (AvgIpc) is 2.15. The van der Waals surface area contributed by atoms with E-state index in [-0.39, 0.29) is 12.4 Å². The summed E-state index contributed by atoms with van der Waals surface area (Å²) < 4.78 is 5.08. The third-order valence-electron chi connectivity index (χ3n) is 1.87. The second-order valence-electron chi connectivity index (χ2n) is 2.81. The van der Waals surface area contributed by atoms with E-state index in [4.69, 9.17) is 4.74 Å². The minimum absolute atomic E-state index is 0.